The maximum absolute atomic E-state index is 13.6. The summed E-state index contributed by atoms with van der Waals surface area (Å²) >= 11 is 0. The summed E-state index contributed by atoms with van der Waals surface area (Å²) in [6.45, 7) is 0.870. The number of carbonyl (C=O) groups is 2. The number of allylic oxidation sites excluding steroid dienone is 1. The van der Waals surface area contributed by atoms with Crippen molar-refractivity contribution in [2.24, 2.45) is 0 Å². The molecule has 0 saturated heterocycles. The lowest BCUT2D eigenvalue weighted by Crippen LogP contribution is -2.28. The van der Waals surface area contributed by atoms with Gasteiger partial charge in [-0.25, -0.2) is 4.39 Å². The second-order valence-corrected chi connectivity index (χ2v) is 7.17. The van der Waals surface area contributed by atoms with Gasteiger partial charge in [0.05, 0.1) is 11.1 Å². The Morgan fingerprint density at radius 1 is 0.966 bits per heavy atom. The van der Waals surface area contributed by atoms with E-state index in [1.165, 1.54) is 42.9 Å². The van der Waals surface area contributed by atoms with E-state index in [9.17, 15) is 14.0 Å². The lowest BCUT2D eigenvalue weighted by molar-refractivity contribution is 0.0953. The summed E-state index contributed by atoms with van der Waals surface area (Å²) in [6, 6.07) is 8.01. The fourth-order valence-corrected chi connectivity index (χ4v) is 3.37. The first kappa shape index (κ1) is 20.7. The van der Waals surface area contributed by atoms with Crippen molar-refractivity contribution in [2.75, 3.05) is 13.1 Å². The van der Waals surface area contributed by atoms with E-state index >= 15 is 0 Å². The van der Waals surface area contributed by atoms with Gasteiger partial charge in [0.15, 0.2) is 0 Å². The molecule has 2 N–H and O–H groups in total. The molecule has 0 radical (unpaired) electrons. The van der Waals surface area contributed by atoms with Crippen molar-refractivity contribution in [3.05, 3.63) is 76.9 Å². The molecule has 0 spiro atoms. The third-order valence-electron chi connectivity index (χ3n) is 5.02. The van der Waals surface area contributed by atoms with Gasteiger partial charge in [-0.05, 0) is 56.2 Å². The molecule has 152 valence electrons. The van der Waals surface area contributed by atoms with Gasteiger partial charge in [-0.2, -0.15) is 0 Å². The number of aromatic nitrogens is 1. The monoisotopic (exact) mass is 395 g/mol. The zero-order valence-electron chi connectivity index (χ0n) is 16.4. The molecule has 1 aromatic carbocycles. The first-order chi connectivity index (χ1) is 14.1. The van der Waals surface area contributed by atoms with Crippen LogP contribution in [0.4, 0.5) is 4.39 Å². The van der Waals surface area contributed by atoms with Gasteiger partial charge < -0.3 is 10.6 Å². The molecule has 1 aliphatic carbocycles. The lowest BCUT2D eigenvalue weighted by Gasteiger charge is -2.13. The maximum Gasteiger partial charge on any atom is 0.252 e. The maximum atomic E-state index is 13.6. The first-order valence-corrected chi connectivity index (χ1v) is 10.1. The normalized spacial score (nSPS) is 13.5. The van der Waals surface area contributed by atoms with Gasteiger partial charge in [-0.15, -0.1) is 0 Å². The molecule has 2 amide bonds. The predicted molar refractivity (Wildman–Crippen MR) is 110 cm³/mol. The zero-order chi connectivity index (χ0) is 20.5. The van der Waals surface area contributed by atoms with Gasteiger partial charge in [0, 0.05) is 25.5 Å². The standard InChI is InChI=1S/C23H26FN3O2/c24-21-9-5-4-8-18(21)11-13-27-23(29)20-14-19(15-25-16-20)22(28)26-12-10-17-6-2-1-3-7-17/h4-6,8-9,14-16H,1-3,7,10-13H2,(H,26,28)(H,27,29). The van der Waals surface area contributed by atoms with Crippen LogP contribution in [0.5, 0.6) is 0 Å². The number of pyridine rings is 1. The summed E-state index contributed by atoms with van der Waals surface area (Å²) in [5.41, 5.74) is 2.61. The van der Waals surface area contributed by atoms with Crippen LogP contribution in [0.3, 0.4) is 0 Å². The fraction of sp³-hybridized carbons (Fsp3) is 0.348. The molecule has 1 aromatic heterocycles. The minimum absolute atomic E-state index is 0.241. The van der Waals surface area contributed by atoms with E-state index in [1.807, 2.05) is 0 Å². The number of benzene rings is 1. The van der Waals surface area contributed by atoms with Crippen LogP contribution in [0.2, 0.25) is 0 Å². The van der Waals surface area contributed by atoms with E-state index in [0.29, 0.717) is 36.2 Å². The Hall–Kier alpha value is -3.02. The topological polar surface area (TPSA) is 71.1 Å². The Labute approximate surface area is 170 Å². The Balaban J connectivity index is 1.48. The number of nitrogens with zero attached hydrogens (tertiary/aromatic N) is 1. The number of nitrogens with one attached hydrogen (secondary N) is 2. The number of rotatable bonds is 8. The molecule has 29 heavy (non-hydrogen) atoms. The molecule has 0 saturated carbocycles. The Kier molecular flexibility index (Phi) is 7.50. The minimum Gasteiger partial charge on any atom is -0.352 e. The van der Waals surface area contributed by atoms with Crippen molar-refractivity contribution < 1.29 is 14.0 Å². The molecule has 0 atom stereocenters. The number of hydrogen-bond acceptors (Lipinski definition) is 3. The summed E-state index contributed by atoms with van der Waals surface area (Å²) in [5, 5.41) is 5.63. The Morgan fingerprint density at radius 3 is 2.31 bits per heavy atom. The van der Waals surface area contributed by atoms with Crippen LogP contribution in [-0.4, -0.2) is 29.9 Å². The van der Waals surface area contributed by atoms with Gasteiger partial charge in [0.25, 0.3) is 11.8 Å². The van der Waals surface area contributed by atoms with Crippen molar-refractivity contribution >= 4 is 11.8 Å². The number of halogens is 1. The highest BCUT2D eigenvalue weighted by atomic mass is 19.1. The quantitative estimate of drug-likeness (QED) is 0.668. The number of carbonyl (C=O) groups excluding carboxylic acids is 2. The molecule has 2 aromatic rings. The largest absolute Gasteiger partial charge is 0.352 e. The highest BCUT2D eigenvalue weighted by Gasteiger charge is 2.12. The first-order valence-electron chi connectivity index (χ1n) is 10.1. The third-order valence-corrected chi connectivity index (χ3v) is 5.02. The van der Waals surface area contributed by atoms with Crippen molar-refractivity contribution in [1.82, 2.24) is 15.6 Å². The predicted octanol–water partition coefficient (Wildman–Crippen LogP) is 3.81. The molecule has 0 bridgehead atoms. The van der Waals surface area contributed by atoms with Crippen LogP contribution < -0.4 is 10.6 Å². The van der Waals surface area contributed by atoms with E-state index in [-0.39, 0.29) is 17.6 Å². The second-order valence-electron chi connectivity index (χ2n) is 7.17. The highest BCUT2D eigenvalue weighted by molar-refractivity contribution is 5.99. The smallest absolute Gasteiger partial charge is 0.252 e. The summed E-state index contributed by atoms with van der Waals surface area (Å²) in [6.07, 6.45) is 11.1. The van der Waals surface area contributed by atoms with Crippen LogP contribution >= 0.6 is 0 Å². The van der Waals surface area contributed by atoms with E-state index in [0.717, 1.165) is 19.3 Å². The summed E-state index contributed by atoms with van der Waals surface area (Å²) in [7, 11) is 0. The van der Waals surface area contributed by atoms with Crippen LogP contribution in [0.1, 0.15) is 58.4 Å². The molecular formula is C23H26FN3O2. The molecule has 5 nitrogen and oxygen atoms in total. The van der Waals surface area contributed by atoms with Crippen molar-refractivity contribution in [2.45, 2.75) is 38.5 Å². The molecular weight excluding hydrogens is 369 g/mol. The SMILES string of the molecule is O=C(NCCC1=CCCCC1)c1cncc(C(=O)NCCc2ccccc2F)c1. The molecule has 6 heteroatoms. The fourth-order valence-electron chi connectivity index (χ4n) is 3.37. The molecule has 0 unspecified atom stereocenters. The van der Waals surface area contributed by atoms with Crippen molar-refractivity contribution in [3.63, 3.8) is 0 Å². The summed E-state index contributed by atoms with van der Waals surface area (Å²) < 4.78 is 13.6. The second kappa shape index (κ2) is 10.5. The van der Waals surface area contributed by atoms with Gasteiger partial charge in [-0.1, -0.05) is 29.8 Å². The van der Waals surface area contributed by atoms with E-state index in [1.54, 1.807) is 18.2 Å². The molecule has 0 fully saturated rings. The van der Waals surface area contributed by atoms with Crippen molar-refractivity contribution in [1.29, 1.82) is 0 Å². The van der Waals surface area contributed by atoms with Crippen LogP contribution in [0.25, 0.3) is 0 Å². The molecule has 0 aliphatic heterocycles. The van der Waals surface area contributed by atoms with Crippen LogP contribution in [0, 0.1) is 5.82 Å². The molecule has 1 heterocycles. The summed E-state index contributed by atoms with van der Waals surface area (Å²) in [5.74, 6) is -0.864. The highest BCUT2D eigenvalue weighted by Crippen LogP contribution is 2.19. The minimum atomic E-state index is -0.337. The van der Waals surface area contributed by atoms with E-state index in [2.05, 4.69) is 21.7 Å². The number of hydrogen-bond donors (Lipinski definition) is 2. The Morgan fingerprint density at radius 2 is 1.66 bits per heavy atom. The zero-order valence-corrected chi connectivity index (χ0v) is 16.4. The van der Waals surface area contributed by atoms with Crippen LogP contribution in [0.15, 0.2) is 54.4 Å². The van der Waals surface area contributed by atoms with Crippen molar-refractivity contribution in [3.8, 4) is 0 Å². The van der Waals surface area contributed by atoms with Gasteiger partial charge >= 0.3 is 0 Å². The summed E-state index contributed by atoms with van der Waals surface area (Å²) in [4.78, 5) is 28.7. The lowest BCUT2D eigenvalue weighted by atomic mass is 9.97. The van der Waals surface area contributed by atoms with Gasteiger partial charge in [0.2, 0.25) is 0 Å². The average Bonchev–Trinajstić information content (AvgIpc) is 2.76. The van der Waals surface area contributed by atoms with Gasteiger partial charge in [0.1, 0.15) is 5.82 Å². The van der Waals surface area contributed by atoms with Gasteiger partial charge in [-0.3, -0.25) is 14.6 Å². The Bertz CT molecular complexity index is 895. The molecule has 1 aliphatic rings. The van der Waals surface area contributed by atoms with Crippen LogP contribution in [-0.2, 0) is 6.42 Å². The molecule has 3 rings (SSSR count). The third kappa shape index (κ3) is 6.24. The van der Waals surface area contributed by atoms with E-state index in [4.69, 9.17) is 0 Å². The number of amides is 2. The van der Waals surface area contributed by atoms with E-state index < -0.39 is 0 Å². The average molecular weight is 395 g/mol.